The summed E-state index contributed by atoms with van der Waals surface area (Å²) >= 11 is 0. The predicted molar refractivity (Wildman–Crippen MR) is 104 cm³/mol. The van der Waals surface area contributed by atoms with E-state index in [4.69, 9.17) is 4.74 Å². The van der Waals surface area contributed by atoms with Crippen LogP contribution in [-0.4, -0.2) is 31.0 Å². The summed E-state index contributed by atoms with van der Waals surface area (Å²) < 4.78 is 5.77. The first-order chi connectivity index (χ1) is 12.1. The molecule has 0 radical (unpaired) electrons. The second-order valence-corrected chi connectivity index (χ2v) is 6.95. The number of amides is 2. The van der Waals surface area contributed by atoms with Crippen molar-refractivity contribution in [3.63, 3.8) is 0 Å². The lowest BCUT2D eigenvalue weighted by Crippen LogP contribution is -2.36. The monoisotopic (exact) mass is 381 g/mol. The van der Waals surface area contributed by atoms with E-state index in [2.05, 4.69) is 16.0 Å². The van der Waals surface area contributed by atoms with Gasteiger partial charge in [-0.2, -0.15) is 0 Å². The summed E-state index contributed by atoms with van der Waals surface area (Å²) in [5, 5.41) is 9.25. The highest BCUT2D eigenvalue weighted by Crippen LogP contribution is 2.33. The molecular weight excluding hydrogens is 354 g/mol. The van der Waals surface area contributed by atoms with E-state index in [-0.39, 0.29) is 30.3 Å². The number of rotatable bonds is 6. The number of hydrogen-bond acceptors (Lipinski definition) is 4. The van der Waals surface area contributed by atoms with E-state index in [1.165, 1.54) is 0 Å². The largest absolute Gasteiger partial charge is 0.478 e. The first-order valence-electron chi connectivity index (χ1n) is 9.18. The number of carbonyl (C=O) groups excluding carboxylic acids is 2. The van der Waals surface area contributed by atoms with Crippen molar-refractivity contribution < 1.29 is 14.3 Å². The number of carbonyl (C=O) groups is 2. The van der Waals surface area contributed by atoms with Crippen molar-refractivity contribution in [2.24, 2.45) is 5.92 Å². The molecule has 0 bridgehead atoms. The number of benzene rings is 1. The molecule has 2 amide bonds. The third kappa shape index (κ3) is 4.89. The Morgan fingerprint density at radius 1 is 1.42 bits per heavy atom. The van der Waals surface area contributed by atoms with Gasteiger partial charge >= 0.3 is 0 Å². The molecule has 3 atom stereocenters. The van der Waals surface area contributed by atoms with Crippen molar-refractivity contribution in [2.75, 3.05) is 18.4 Å². The molecule has 1 saturated heterocycles. The van der Waals surface area contributed by atoms with Crippen LogP contribution in [0.2, 0.25) is 0 Å². The van der Waals surface area contributed by atoms with E-state index in [0.717, 1.165) is 31.5 Å². The molecule has 1 aromatic rings. The predicted octanol–water partition coefficient (Wildman–Crippen LogP) is 2.78. The molecule has 26 heavy (non-hydrogen) atoms. The Hall–Kier alpha value is -1.79. The average molecular weight is 382 g/mol. The van der Waals surface area contributed by atoms with Crippen LogP contribution in [0.3, 0.4) is 0 Å². The summed E-state index contributed by atoms with van der Waals surface area (Å²) in [6.45, 7) is 5.97. The zero-order chi connectivity index (χ0) is 17.8. The van der Waals surface area contributed by atoms with Gasteiger partial charge in [-0.05, 0) is 62.9 Å². The molecule has 2 heterocycles. The van der Waals surface area contributed by atoms with Gasteiger partial charge in [0.25, 0.3) is 5.91 Å². The highest BCUT2D eigenvalue weighted by molar-refractivity contribution is 5.97. The standard InChI is InChI=1S/C19H27N3O3.ClH/c1-3-16-19(24)22-15-6-5-14(10-17(15)25-16)12(2)21-18(23)7-4-13-8-9-20-11-13;/h5-6,10,12-13,16,20H,3-4,7-9,11H2,1-2H3,(H,21,23)(H,22,24);1H. The van der Waals surface area contributed by atoms with Crippen LogP contribution in [0.25, 0.3) is 0 Å². The van der Waals surface area contributed by atoms with Crippen LogP contribution in [-0.2, 0) is 9.59 Å². The molecule has 0 spiro atoms. The zero-order valence-electron chi connectivity index (χ0n) is 15.3. The summed E-state index contributed by atoms with van der Waals surface area (Å²) in [5.74, 6) is 1.26. The number of ether oxygens (including phenoxy) is 1. The minimum Gasteiger partial charge on any atom is -0.478 e. The molecule has 0 aromatic heterocycles. The van der Waals surface area contributed by atoms with Gasteiger partial charge in [0, 0.05) is 6.42 Å². The fourth-order valence-corrected chi connectivity index (χ4v) is 3.39. The summed E-state index contributed by atoms with van der Waals surface area (Å²) in [4.78, 5) is 24.0. The quantitative estimate of drug-likeness (QED) is 0.707. The number of nitrogens with one attached hydrogen (secondary N) is 3. The Labute approximate surface area is 160 Å². The van der Waals surface area contributed by atoms with Gasteiger partial charge in [0.1, 0.15) is 5.75 Å². The van der Waals surface area contributed by atoms with Crippen molar-refractivity contribution >= 4 is 29.9 Å². The molecule has 6 nitrogen and oxygen atoms in total. The highest BCUT2D eigenvalue weighted by atomic mass is 35.5. The molecule has 2 aliphatic heterocycles. The second kappa shape index (κ2) is 9.24. The van der Waals surface area contributed by atoms with E-state index in [9.17, 15) is 9.59 Å². The number of halogens is 1. The Balaban J connectivity index is 0.00000243. The maximum Gasteiger partial charge on any atom is 0.265 e. The fourth-order valence-electron chi connectivity index (χ4n) is 3.39. The Morgan fingerprint density at radius 2 is 2.23 bits per heavy atom. The molecule has 144 valence electrons. The van der Waals surface area contributed by atoms with Gasteiger partial charge in [-0.1, -0.05) is 13.0 Å². The molecule has 2 aliphatic rings. The molecule has 0 aliphatic carbocycles. The van der Waals surface area contributed by atoms with Crippen LogP contribution in [0.15, 0.2) is 18.2 Å². The van der Waals surface area contributed by atoms with Crippen molar-refractivity contribution in [1.82, 2.24) is 10.6 Å². The number of anilines is 1. The van der Waals surface area contributed by atoms with Crippen molar-refractivity contribution in [3.05, 3.63) is 23.8 Å². The van der Waals surface area contributed by atoms with Gasteiger partial charge in [-0.25, -0.2) is 0 Å². The first-order valence-corrected chi connectivity index (χ1v) is 9.18. The van der Waals surface area contributed by atoms with Crippen molar-refractivity contribution in [1.29, 1.82) is 0 Å². The van der Waals surface area contributed by atoms with Gasteiger partial charge in [0.05, 0.1) is 11.7 Å². The summed E-state index contributed by atoms with van der Waals surface area (Å²) in [6.07, 6.45) is 2.83. The minimum absolute atomic E-state index is 0. The smallest absolute Gasteiger partial charge is 0.265 e. The molecule has 7 heteroatoms. The SMILES string of the molecule is CCC1Oc2cc(C(C)NC(=O)CCC3CCNC3)ccc2NC1=O.Cl. The normalized spacial score (nSPS) is 22.5. The molecule has 0 saturated carbocycles. The minimum atomic E-state index is -0.451. The van der Waals surface area contributed by atoms with Crippen LogP contribution >= 0.6 is 12.4 Å². The lowest BCUT2D eigenvalue weighted by atomic mass is 10.0. The van der Waals surface area contributed by atoms with E-state index >= 15 is 0 Å². The van der Waals surface area contributed by atoms with Crippen LogP contribution in [0.4, 0.5) is 5.69 Å². The Kier molecular flexibility index (Phi) is 7.29. The molecule has 3 unspecified atom stereocenters. The summed E-state index contributed by atoms with van der Waals surface area (Å²) in [7, 11) is 0. The van der Waals surface area contributed by atoms with Gasteiger partial charge < -0.3 is 20.7 Å². The summed E-state index contributed by atoms with van der Waals surface area (Å²) in [6, 6.07) is 5.56. The Morgan fingerprint density at radius 3 is 2.92 bits per heavy atom. The van der Waals surface area contributed by atoms with E-state index in [1.807, 2.05) is 32.0 Å². The highest BCUT2D eigenvalue weighted by Gasteiger charge is 2.26. The maximum absolute atomic E-state index is 12.2. The van der Waals surface area contributed by atoms with E-state index < -0.39 is 6.10 Å². The van der Waals surface area contributed by atoms with Crippen molar-refractivity contribution in [3.8, 4) is 5.75 Å². The van der Waals surface area contributed by atoms with E-state index in [1.54, 1.807) is 0 Å². The van der Waals surface area contributed by atoms with Crippen LogP contribution < -0.4 is 20.7 Å². The van der Waals surface area contributed by atoms with Crippen molar-refractivity contribution in [2.45, 2.75) is 51.7 Å². The van der Waals surface area contributed by atoms with Crippen LogP contribution in [0.5, 0.6) is 5.75 Å². The fraction of sp³-hybridized carbons (Fsp3) is 0.579. The van der Waals surface area contributed by atoms with Gasteiger partial charge in [0.2, 0.25) is 5.91 Å². The van der Waals surface area contributed by atoms with E-state index in [0.29, 0.717) is 30.2 Å². The van der Waals surface area contributed by atoms with Gasteiger partial charge in [-0.15, -0.1) is 12.4 Å². The molecule has 3 rings (SSSR count). The molecule has 1 aromatic carbocycles. The topological polar surface area (TPSA) is 79.5 Å². The van der Waals surface area contributed by atoms with Crippen LogP contribution in [0.1, 0.15) is 51.1 Å². The summed E-state index contributed by atoms with van der Waals surface area (Å²) in [5.41, 5.74) is 1.66. The van der Waals surface area contributed by atoms with Gasteiger partial charge in [-0.3, -0.25) is 9.59 Å². The lowest BCUT2D eigenvalue weighted by molar-refractivity contribution is -0.123. The number of hydrogen-bond donors (Lipinski definition) is 3. The molecular formula is C19H28ClN3O3. The maximum atomic E-state index is 12.2. The van der Waals surface area contributed by atoms with Gasteiger partial charge in [0.15, 0.2) is 6.10 Å². The molecule has 3 N–H and O–H groups in total. The average Bonchev–Trinajstić information content (AvgIpc) is 3.12. The molecule has 1 fully saturated rings. The number of fused-ring (bicyclic) bond motifs is 1. The zero-order valence-corrected chi connectivity index (χ0v) is 16.2. The lowest BCUT2D eigenvalue weighted by Gasteiger charge is -2.26. The second-order valence-electron chi connectivity index (χ2n) is 6.95. The first kappa shape index (κ1) is 20.5. The third-order valence-corrected chi connectivity index (χ3v) is 5.02. The Bertz CT molecular complexity index is 647. The van der Waals surface area contributed by atoms with Crippen LogP contribution in [0, 0.1) is 5.92 Å². The third-order valence-electron chi connectivity index (χ3n) is 5.02.